The van der Waals surface area contributed by atoms with E-state index in [0.717, 1.165) is 0 Å². The van der Waals surface area contributed by atoms with E-state index in [9.17, 15) is 4.79 Å². The molecule has 0 heterocycles. The quantitative estimate of drug-likeness (QED) is 0.472. The van der Waals surface area contributed by atoms with Gasteiger partial charge in [-0.1, -0.05) is 0 Å². The molecule has 16 heavy (non-hydrogen) atoms. The molecule has 0 aromatic carbocycles. The van der Waals surface area contributed by atoms with Gasteiger partial charge in [0.1, 0.15) is 12.5 Å². The molecule has 2 atom stereocenters. The van der Waals surface area contributed by atoms with Crippen LogP contribution in [0.3, 0.4) is 0 Å². The van der Waals surface area contributed by atoms with Gasteiger partial charge in [-0.15, -0.1) is 0 Å². The predicted octanol–water partition coefficient (Wildman–Crippen LogP) is -0.923. The lowest BCUT2D eigenvalue weighted by molar-refractivity contribution is -0.120. The van der Waals surface area contributed by atoms with Crippen LogP contribution in [0.2, 0.25) is 0 Å². The zero-order valence-electron chi connectivity index (χ0n) is 9.63. The number of nitrogens with zero attached hydrogens (tertiary/aromatic N) is 1. The Labute approximate surface area is 94.7 Å². The summed E-state index contributed by atoms with van der Waals surface area (Å²) in [6.07, 6.45) is -1.20. The lowest BCUT2D eigenvalue weighted by Crippen LogP contribution is -2.50. The van der Waals surface area contributed by atoms with Crippen molar-refractivity contribution in [1.82, 2.24) is 4.90 Å². The SMILES string of the molecule is CC(OCCO)N(C(N)=O)C(C)OCCO. The Morgan fingerprint density at radius 1 is 1.19 bits per heavy atom. The van der Waals surface area contributed by atoms with Gasteiger partial charge in [-0.25, -0.2) is 4.79 Å². The van der Waals surface area contributed by atoms with Crippen molar-refractivity contribution in [3.05, 3.63) is 0 Å². The minimum absolute atomic E-state index is 0.109. The third kappa shape index (κ3) is 5.26. The van der Waals surface area contributed by atoms with Crippen molar-refractivity contribution in [3.8, 4) is 0 Å². The van der Waals surface area contributed by atoms with Gasteiger partial charge in [0.15, 0.2) is 0 Å². The smallest absolute Gasteiger partial charge is 0.318 e. The summed E-state index contributed by atoms with van der Waals surface area (Å²) < 4.78 is 10.3. The van der Waals surface area contributed by atoms with Crippen LogP contribution in [0.5, 0.6) is 0 Å². The van der Waals surface area contributed by atoms with Crippen molar-refractivity contribution < 1.29 is 24.5 Å². The van der Waals surface area contributed by atoms with Crippen molar-refractivity contribution in [2.75, 3.05) is 26.4 Å². The van der Waals surface area contributed by atoms with Crippen molar-refractivity contribution >= 4 is 6.03 Å². The third-order valence-electron chi connectivity index (χ3n) is 1.94. The Bertz CT molecular complexity index is 188. The van der Waals surface area contributed by atoms with E-state index < -0.39 is 18.5 Å². The summed E-state index contributed by atoms with van der Waals surface area (Å²) in [5.41, 5.74) is 5.18. The number of aliphatic hydroxyl groups is 2. The molecule has 7 heteroatoms. The Balaban J connectivity index is 4.28. The number of amides is 2. The van der Waals surface area contributed by atoms with Gasteiger partial charge >= 0.3 is 6.03 Å². The Hall–Kier alpha value is -0.890. The molecule has 0 fully saturated rings. The zero-order chi connectivity index (χ0) is 12.6. The average molecular weight is 236 g/mol. The molecule has 0 bridgehead atoms. The van der Waals surface area contributed by atoms with E-state index in [4.69, 9.17) is 25.4 Å². The van der Waals surface area contributed by atoms with Crippen LogP contribution in [-0.4, -0.2) is 60.0 Å². The number of carbonyl (C=O) groups is 1. The predicted molar refractivity (Wildman–Crippen MR) is 56.4 cm³/mol. The van der Waals surface area contributed by atoms with E-state index in [1.807, 2.05) is 0 Å². The van der Waals surface area contributed by atoms with Crippen molar-refractivity contribution in [2.45, 2.75) is 26.3 Å². The van der Waals surface area contributed by atoms with E-state index in [2.05, 4.69) is 0 Å². The second kappa shape index (κ2) is 8.28. The number of primary amides is 1. The maximum Gasteiger partial charge on any atom is 0.318 e. The van der Waals surface area contributed by atoms with Gasteiger partial charge in [-0.05, 0) is 13.8 Å². The molecule has 0 rings (SSSR count). The minimum atomic E-state index is -0.684. The van der Waals surface area contributed by atoms with Gasteiger partial charge < -0.3 is 25.4 Å². The van der Waals surface area contributed by atoms with Gasteiger partial charge in [0.25, 0.3) is 0 Å². The first-order valence-corrected chi connectivity index (χ1v) is 5.07. The van der Waals surface area contributed by atoms with E-state index in [-0.39, 0.29) is 26.4 Å². The normalized spacial score (nSPS) is 14.5. The molecule has 0 spiro atoms. The molecule has 0 saturated carbocycles. The van der Waals surface area contributed by atoms with Crippen LogP contribution >= 0.6 is 0 Å². The number of urea groups is 1. The lowest BCUT2D eigenvalue weighted by Gasteiger charge is -2.32. The molecular weight excluding hydrogens is 216 g/mol. The summed E-state index contributed by atoms with van der Waals surface area (Å²) in [4.78, 5) is 12.4. The van der Waals surface area contributed by atoms with Crippen LogP contribution in [-0.2, 0) is 9.47 Å². The van der Waals surface area contributed by atoms with Crippen molar-refractivity contribution in [3.63, 3.8) is 0 Å². The van der Waals surface area contributed by atoms with Crippen LogP contribution < -0.4 is 5.73 Å². The Kier molecular flexibility index (Phi) is 7.82. The second-order valence-corrected chi connectivity index (χ2v) is 3.13. The maximum atomic E-state index is 11.2. The molecule has 0 aromatic heterocycles. The van der Waals surface area contributed by atoms with Crippen LogP contribution in [0.1, 0.15) is 13.8 Å². The lowest BCUT2D eigenvalue weighted by atomic mass is 10.4. The van der Waals surface area contributed by atoms with E-state index in [1.54, 1.807) is 13.8 Å². The summed E-state index contributed by atoms with van der Waals surface area (Å²) in [6.45, 7) is 3.19. The number of ether oxygens (including phenoxy) is 2. The minimum Gasteiger partial charge on any atom is -0.394 e. The molecular formula is C9H20N2O5. The van der Waals surface area contributed by atoms with E-state index in [0.29, 0.717) is 0 Å². The second-order valence-electron chi connectivity index (χ2n) is 3.13. The van der Waals surface area contributed by atoms with Crippen LogP contribution in [0.4, 0.5) is 4.79 Å². The van der Waals surface area contributed by atoms with Gasteiger partial charge in [0, 0.05) is 0 Å². The molecule has 0 aliphatic heterocycles. The van der Waals surface area contributed by atoms with E-state index in [1.165, 1.54) is 4.90 Å². The summed E-state index contributed by atoms with van der Waals surface area (Å²) in [6, 6.07) is -0.684. The largest absolute Gasteiger partial charge is 0.394 e. The summed E-state index contributed by atoms with van der Waals surface area (Å²) in [5, 5.41) is 17.2. The van der Waals surface area contributed by atoms with Gasteiger partial charge in [0.2, 0.25) is 0 Å². The molecule has 0 radical (unpaired) electrons. The highest BCUT2D eigenvalue weighted by Crippen LogP contribution is 2.08. The fourth-order valence-electron chi connectivity index (χ4n) is 1.26. The van der Waals surface area contributed by atoms with Crippen LogP contribution in [0.15, 0.2) is 0 Å². The highest BCUT2D eigenvalue weighted by atomic mass is 16.5. The van der Waals surface area contributed by atoms with Crippen LogP contribution in [0, 0.1) is 0 Å². The molecule has 0 saturated heterocycles. The Morgan fingerprint density at radius 2 is 1.56 bits per heavy atom. The first-order valence-electron chi connectivity index (χ1n) is 5.07. The highest BCUT2D eigenvalue weighted by molar-refractivity contribution is 5.72. The number of aliphatic hydroxyl groups excluding tert-OH is 2. The van der Waals surface area contributed by atoms with Gasteiger partial charge in [0.05, 0.1) is 26.4 Å². The molecule has 7 nitrogen and oxygen atoms in total. The summed E-state index contributed by atoms with van der Waals surface area (Å²) in [7, 11) is 0. The molecule has 2 unspecified atom stereocenters. The topological polar surface area (TPSA) is 105 Å². The molecule has 0 aromatic rings. The molecule has 4 N–H and O–H groups in total. The maximum absolute atomic E-state index is 11.2. The number of hydrogen-bond donors (Lipinski definition) is 3. The fourth-order valence-corrected chi connectivity index (χ4v) is 1.26. The van der Waals surface area contributed by atoms with Crippen molar-refractivity contribution in [1.29, 1.82) is 0 Å². The zero-order valence-corrected chi connectivity index (χ0v) is 9.63. The highest BCUT2D eigenvalue weighted by Gasteiger charge is 2.24. The number of carbonyl (C=O) groups excluding carboxylic acids is 1. The standard InChI is InChI=1S/C9H20N2O5/c1-7(15-5-3-12)11(9(10)14)8(2)16-6-4-13/h7-8,12-13H,3-6H2,1-2H3,(H2,10,14). The summed E-state index contributed by atoms with van der Waals surface area (Å²) in [5.74, 6) is 0. The molecule has 0 aliphatic carbocycles. The Morgan fingerprint density at radius 3 is 1.81 bits per heavy atom. The first-order chi connectivity index (χ1) is 7.54. The molecule has 0 aliphatic rings. The number of hydrogen-bond acceptors (Lipinski definition) is 5. The fraction of sp³-hybridized carbons (Fsp3) is 0.889. The molecule has 2 amide bonds. The number of nitrogens with two attached hydrogens (primary N) is 1. The van der Waals surface area contributed by atoms with Crippen molar-refractivity contribution in [2.24, 2.45) is 5.73 Å². The van der Waals surface area contributed by atoms with Gasteiger partial charge in [-0.3, -0.25) is 4.90 Å². The summed E-state index contributed by atoms with van der Waals surface area (Å²) >= 11 is 0. The van der Waals surface area contributed by atoms with Crippen LogP contribution in [0.25, 0.3) is 0 Å². The molecule has 96 valence electrons. The number of rotatable bonds is 8. The van der Waals surface area contributed by atoms with Gasteiger partial charge in [-0.2, -0.15) is 0 Å². The average Bonchev–Trinajstić information content (AvgIpc) is 2.23. The monoisotopic (exact) mass is 236 g/mol. The van der Waals surface area contributed by atoms with E-state index >= 15 is 0 Å². The third-order valence-corrected chi connectivity index (χ3v) is 1.94. The first kappa shape index (κ1) is 15.1.